The van der Waals surface area contributed by atoms with Crippen LogP contribution in [-0.2, 0) is 12.8 Å². The number of hydrogen-bond donors (Lipinski definition) is 4. The zero-order valence-electron chi connectivity index (χ0n) is 18.0. The molecule has 6 heteroatoms. The van der Waals surface area contributed by atoms with Gasteiger partial charge in [0.25, 0.3) is 0 Å². The van der Waals surface area contributed by atoms with Gasteiger partial charge in [-0.2, -0.15) is 0 Å². The predicted octanol–water partition coefficient (Wildman–Crippen LogP) is 5.30. The van der Waals surface area contributed by atoms with E-state index in [0.29, 0.717) is 17.5 Å². The topological polar surface area (TPSA) is 111 Å². The van der Waals surface area contributed by atoms with Crippen LogP contribution in [0.25, 0.3) is 22.1 Å². The molecule has 0 fully saturated rings. The zero-order valence-corrected chi connectivity index (χ0v) is 18.0. The SMILES string of the molecule is CC(C)=CCc1c(O)c(CC=C(C)C)c2occ(-c3ccc(O)c(O)c3)c(=O)c2c1O. The maximum atomic E-state index is 13.4. The Morgan fingerprint density at radius 1 is 0.871 bits per heavy atom. The number of aromatic hydroxyl groups is 4. The van der Waals surface area contributed by atoms with Gasteiger partial charge in [-0.05, 0) is 58.2 Å². The molecule has 0 spiro atoms. The molecule has 0 aliphatic rings. The van der Waals surface area contributed by atoms with E-state index in [4.69, 9.17) is 4.42 Å². The molecule has 0 unspecified atom stereocenters. The molecule has 0 radical (unpaired) electrons. The van der Waals surface area contributed by atoms with E-state index in [1.54, 1.807) is 0 Å². The molecule has 1 aromatic heterocycles. The van der Waals surface area contributed by atoms with Crippen molar-refractivity contribution in [3.8, 4) is 34.1 Å². The van der Waals surface area contributed by atoms with E-state index >= 15 is 0 Å². The third kappa shape index (κ3) is 4.28. The van der Waals surface area contributed by atoms with Crippen molar-refractivity contribution < 1.29 is 24.8 Å². The van der Waals surface area contributed by atoms with Crippen LogP contribution in [0.4, 0.5) is 0 Å². The Balaban J connectivity index is 2.37. The summed E-state index contributed by atoms with van der Waals surface area (Å²) in [6.45, 7) is 7.66. The van der Waals surface area contributed by atoms with Crippen molar-refractivity contribution in [1.82, 2.24) is 0 Å². The van der Waals surface area contributed by atoms with Crippen LogP contribution in [0.2, 0.25) is 0 Å². The van der Waals surface area contributed by atoms with Crippen molar-refractivity contribution in [3.05, 3.63) is 69.1 Å². The Morgan fingerprint density at radius 2 is 1.48 bits per heavy atom. The summed E-state index contributed by atoms with van der Waals surface area (Å²) in [5.41, 5.74) is 2.77. The second-order valence-electron chi connectivity index (χ2n) is 8.01. The molecule has 1 heterocycles. The summed E-state index contributed by atoms with van der Waals surface area (Å²) in [6, 6.07) is 3.99. The Bertz CT molecular complexity index is 1270. The number of benzene rings is 2. The molecule has 6 nitrogen and oxygen atoms in total. The molecule has 0 bridgehead atoms. The largest absolute Gasteiger partial charge is 0.507 e. The number of rotatable bonds is 5. The lowest BCUT2D eigenvalue weighted by atomic mass is 9.95. The van der Waals surface area contributed by atoms with Crippen LogP contribution in [0.1, 0.15) is 38.8 Å². The molecule has 0 amide bonds. The fraction of sp³-hybridized carbons (Fsp3) is 0.240. The maximum absolute atomic E-state index is 13.4. The van der Waals surface area contributed by atoms with Crippen molar-refractivity contribution in [2.75, 3.05) is 0 Å². The van der Waals surface area contributed by atoms with Crippen LogP contribution in [0.15, 0.2) is 57.0 Å². The van der Waals surface area contributed by atoms with Gasteiger partial charge < -0.3 is 24.8 Å². The number of allylic oxidation sites excluding steroid dienone is 4. The van der Waals surface area contributed by atoms with E-state index in [1.165, 1.54) is 24.5 Å². The van der Waals surface area contributed by atoms with Crippen LogP contribution in [-0.4, -0.2) is 20.4 Å². The quantitative estimate of drug-likeness (QED) is 0.328. The molecule has 0 atom stereocenters. The summed E-state index contributed by atoms with van der Waals surface area (Å²) in [7, 11) is 0. The number of fused-ring (bicyclic) bond motifs is 1. The fourth-order valence-corrected chi connectivity index (χ4v) is 3.34. The third-order valence-corrected chi connectivity index (χ3v) is 5.08. The van der Waals surface area contributed by atoms with Gasteiger partial charge in [-0.1, -0.05) is 29.4 Å². The fourth-order valence-electron chi connectivity index (χ4n) is 3.34. The van der Waals surface area contributed by atoms with Crippen LogP contribution < -0.4 is 5.43 Å². The molecule has 2 aromatic carbocycles. The summed E-state index contributed by atoms with van der Waals surface area (Å²) >= 11 is 0. The zero-order chi connectivity index (χ0) is 22.9. The minimum atomic E-state index is -0.499. The second kappa shape index (κ2) is 8.60. The molecule has 0 saturated carbocycles. The Morgan fingerprint density at radius 3 is 2.06 bits per heavy atom. The Hall–Kier alpha value is -3.67. The van der Waals surface area contributed by atoms with Crippen molar-refractivity contribution >= 4 is 11.0 Å². The first-order valence-corrected chi connectivity index (χ1v) is 9.92. The molecule has 31 heavy (non-hydrogen) atoms. The van der Waals surface area contributed by atoms with E-state index in [-0.39, 0.29) is 51.5 Å². The number of phenolic OH excluding ortho intramolecular Hbond substituents is 4. The molecule has 3 aromatic rings. The highest BCUT2D eigenvalue weighted by Gasteiger charge is 2.23. The summed E-state index contributed by atoms with van der Waals surface area (Å²) in [6.07, 6.45) is 5.57. The van der Waals surface area contributed by atoms with E-state index in [9.17, 15) is 25.2 Å². The van der Waals surface area contributed by atoms with Crippen molar-refractivity contribution in [2.45, 2.75) is 40.5 Å². The summed E-state index contributed by atoms with van der Waals surface area (Å²) in [5.74, 6) is -1.11. The first kappa shape index (κ1) is 22.0. The minimum Gasteiger partial charge on any atom is -0.507 e. The average Bonchev–Trinajstić information content (AvgIpc) is 2.69. The van der Waals surface area contributed by atoms with Crippen LogP contribution >= 0.6 is 0 Å². The Kier molecular flexibility index (Phi) is 6.11. The molecular formula is C25H26O6. The van der Waals surface area contributed by atoms with Crippen LogP contribution in [0, 0.1) is 0 Å². The van der Waals surface area contributed by atoms with Gasteiger partial charge in [-0.15, -0.1) is 0 Å². The lowest BCUT2D eigenvalue weighted by Crippen LogP contribution is -2.08. The van der Waals surface area contributed by atoms with Gasteiger partial charge in [0.2, 0.25) is 5.43 Å². The molecular weight excluding hydrogens is 396 g/mol. The minimum absolute atomic E-state index is 0.0304. The van der Waals surface area contributed by atoms with Gasteiger partial charge in [0, 0.05) is 11.1 Å². The summed E-state index contributed by atoms with van der Waals surface area (Å²) in [4.78, 5) is 13.4. The average molecular weight is 422 g/mol. The van der Waals surface area contributed by atoms with Crippen molar-refractivity contribution in [1.29, 1.82) is 0 Å². The molecule has 0 aliphatic carbocycles. The van der Waals surface area contributed by atoms with Gasteiger partial charge in [0.15, 0.2) is 11.5 Å². The molecule has 4 N–H and O–H groups in total. The maximum Gasteiger partial charge on any atom is 0.204 e. The lowest BCUT2D eigenvalue weighted by Gasteiger charge is -2.15. The highest BCUT2D eigenvalue weighted by Crippen LogP contribution is 2.40. The van der Waals surface area contributed by atoms with Crippen LogP contribution in [0.5, 0.6) is 23.0 Å². The molecule has 0 saturated heterocycles. The monoisotopic (exact) mass is 422 g/mol. The van der Waals surface area contributed by atoms with Gasteiger partial charge >= 0.3 is 0 Å². The van der Waals surface area contributed by atoms with E-state index < -0.39 is 5.43 Å². The highest BCUT2D eigenvalue weighted by atomic mass is 16.3. The normalized spacial score (nSPS) is 10.8. The molecule has 3 rings (SSSR count). The summed E-state index contributed by atoms with van der Waals surface area (Å²) < 4.78 is 5.75. The summed E-state index contributed by atoms with van der Waals surface area (Å²) in [5, 5.41) is 41.2. The van der Waals surface area contributed by atoms with E-state index in [1.807, 2.05) is 39.8 Å². The van der Waals surface area contributed by atoms with Crippen LogP contribution in [0.3, 0.4) is 0 Å². The number of phenols is 4. The molecule has 162 valence electrons. The lowest BCUT2D eigenvalue weighted by molar-refractivity contribution is 0.404. The Labute approximate surface area is 180 Å². The predicted molar refractivity (Wildman–Crippen MR) is 121 cm³/mol. The first-order chi connectivity index (χ1) is 14.6. The van der Waals surface area contributed by atoms with Gasteiger partial charge in [0.05, 0.1) is 5.56 Å². The number of hydrogen-bond acceptors (Lipinski definition) is 6. The van der Waals surface area contributed by atoms with Gasteiger partial charge in [-0.3, -0.25) is 4.79 Å². The smallest absolute Gasteiger partial charge is 0.204 e. The standard InChI is InChI=1S/C25H26O6/c1-13(2)5-8-16-22(28)17(9-6-14(3)4)25-21(23(16)29)24(30)18(12-31-25)15-7-10-19(26)20(27)11-15/h5-7,10-12,26-29H,8-9H2,1-4H3. The van der Waals surface area contributed by atoms with E-state index in [2.05, 4.69) is 0 Å². The van der Waals surface area contributed by atoms with Gasteiger partial charge in [-0.25, -0.2) is 0 Å². The van der Waals surface area contributed by atoms with Gasteiger partial charge in [0.1, 0.15) is 28.7 Å². The molecule has 0 aliphatic heterocycles. The van der Waals surface area contributed by atoms with Crippen molar-refractivity contribution in [2.24, 2.45) is 0 Å². The third-order valence-electron chi connectivity index (χ3n) is 5.08. The van der Waals surface area contributed by atoms with E-state index in [0.717, 1.165) is 11.1 Å². The van der Waals surface area contributed by atoms with Crippen molar-refractivity contribution in [3.63, 3.8) is 0 Å². The first-order valence-electron chi connectivity index (χ1n) is 9.92. The highest BCUT2D eigenvalue weighted by molar-refractivity contribution is 5.92. The second-order valence-corrected chi connectivity index (χ2v) is 8.01.